The predicted octanol–water partition coefficient (Wildman–Crippen LogP) is 0.988. The fraction of sp³-hybridized carbons (Fsp3) is 0.286. The molecule has 10 heavy (non-hydrogen) atoms. The number of halogens is 1. The summed E-state index contributed by atoms with van der Waals surface area (Å²) in [6.07, 6.45) is 1.56. The van der Waals surface area contributed by atoms with E-state index in [0.717, 1.165) is 0 Å². The van der Waals surface area contributed by atoms with Crippen LogP contribution in [0.2, 0.25) is 0 Å². The molecule has 0 aromatic carbocycles. The van der Waals surface area contributed by atoms with Gasteiger partial charge in [0, 0.05) is 18.3 Å². The summed E-state index contributed by atoms with van der Waals surface area (Å²) in [5, 5.41) is 0. The Labute approximate surface area is 58.9 Å². The van der Waals surface area contributed by atoms with Gasteiger partial charge in [0.2, 0.25) is 0 Å². The number of aromatic nitrogens is 1. The third kappa shape index (κ3) is 1.14. The standard InChI is InChI=1S/C7H9FN2/c1-5-7(8)6(4-9)2-3-10-5/h2-3H,4,9H2,1H3. The molecule has 0 unspecified atom stereocenters. The highest BCUT2D eigenvalue weighted by Crippen LogP contribution is 2.07. The topological polar surface area (TPSA) is 38.9 Å². The van der Waals surface area contributed by atoms with Crippen LogP contribution in [-0.2, 0) is 6.54 Å². The van der Waals surface area contributed by atoms with Gasteiger partial charge in [0.25, 0.3) is 0 Å². The zero-order valence-corrected chi connectivity index (χ0v) is 5.76. The molecule has 0 aliphatic carbocycles. The van der Waals surface area contributed by atoms with E-state index in [1.54, 1.807) is 19.2 Å². The maximum Gasteiger partial charge on any atom is 0.148 e. The Hall–Kier alpha value is -0.960. The average molecular weight is 140 g/mol. The fourth-order valence-electron chi connectivity index (χ4n) is 0.759. The summed E-state index contributed by atoms with van der Waals surface area (Å²) in [4.78, 5) is 3.76. The molecule has 0 aliphatic rings. The van der Waals surface area contributed by atoms with Gasteiger partial charge in [-0.05, 0) is 13.0 Å². The number of pyridine rings is 1. The molecule has 0 amide bonds. The molecule has 3 heteroatoms. The van der Waals surface area contributed by atoms with Crippen molar-refractivity contribution >= 4 is 0 Å². The summed E-state index contributed by atoms with van der Waals surface area (Å²) < 4.78 is 12.9. The van der Waals surface area contributed by atoms with E-state index in [1.165, 1.54) is 0 Å². The van der Waals surface area contributed by atoms with E-state index < -0.39 is 0 Å². The van der Waals surface area contributed by atoms with Gasteiger partial charge in [-0.1, -0.05) is 0 Å². The minimum absolute atomic E-state index is 0.231. The second-order valence-corrected chi connectivity index (χ2v) is 2.07. The van der Waals surface area contributed by atoms with Gasteiger partial charge in [-0.15, -0.1) is 0 Å². The van der Waals surface area contributed by atoms with Crippen LogP contribution in [0, 0.1) is 12.7 Å². The van der Waals surface area contributed by atoms with E-state index in [0.29, 0.717) is 11.3 Å². The molecule has 0 bridgehead atoms. The Bertz CT molecular complexity index is 235. The molecule has 0 spiro atoms. The molecule has 1 rings (SSSR count). The number of hydrogen-bond acceptors (Lipinski definition) is 2. The van der Waals surface area contributed by atoms with Crippen LogP contribution in [0.15, 0.2) is 12.3 Å². The second kappa shape index (κ2) is 2.75. The minimum Gasteiger partial charge on any atom is -0.326 e. The Kier molecular flexibility index (Phi) is 1.97. The van der Waals surface area contributed by atoms with Crippen LogP contribution in [0.1, 0.15) is 11.3 Å². The van der Waals surface area contributed by atoms with Gasteiger partial charge in [-0.3, -0.25) is 4.98 Å². The van der Waals surface area contributed by atoms with Crippen molar-refractivity contribution in [3.05, 3.63) is 29.3 Å². The molecular weight excluding hydrogens is 131 g/mol. The second-order valence-electron chi connectivity index (χ2n) is 2.07. The number of hydrogen-bond donors (Lipinski definition) is 1. The molecule has 0 aliphatic heterocycles. The number of aryl methyl sites for hydroxylation is 1. The molecule has 2 nitrogen and oxygen atoms in total. The Morgan fingerprint density at radius 2 is 2.40 bits per heavy atom. The highest BCUT2D eigenvalue weighted by atomic mass is 19.1. The summed E-state index contributed by atoms with van der Waals surface area (Å²) in [5.74, 6) is -0.287. The quantitative estimate of drug-likeness (QED) is 0.631. The molecule has 0 fully saturated rings. The van der Waals surface area contributed by atoms with E-state index in [2.05, 4.69) is 4.98 Å². The van der Waals surface area contributed by atoms with Crippen molar-refractivity contribution in [3.63, 3.8) is 0 Å². The lowest BCUT2D eigenvalue weighted by atomic mass is 10.2. The van der Waals surface area contributed by atoms with Crippen molar-refractivity contribution in [1.82, 2.24) is 4.98 Å². The van der Waals surface area contributed by atoms with Gasteiger partial charge in [-0.2, -0.15) is 0 Å². The number of rotatable bonds is 1. The first kappa shape index (κ1) is 7.15. The van der Waals surface area contributed by atoms with Crippen molar-refractivity contribution in [2.45, 2.75) is 13.5 Å². The van der Waals surface area contributed by atoms with Gasteiger partial charge in [0.05, 0.1) is 5.69 Å². The average Bonchev–Trinajstić information content (AvgIpc) is 1.95. The lowest BCUT2D eigenvalue weighted by molar-refractivity contribution is 0.592. The zero-order valence-electron chi connectivity index (χ0n) is 5.76. The van der Waals surface area contributed by atoms with Gasteiger partial charge in [-0.25, -0.2) is 4.39 Å². The van der Waals surface area contributed by atoms with Crippen molar-refractivity contribution in [2.75, 3.05) is 0 Å². The molecule has 1 aromatic heterocycles. The summed E-state index contributed by atoms with van der Waals surface area (Å²) in [6.45, 7) is 1.85. The highest BCUT2D eigenvalue weighted by molar-refractivity contribution is 5.17. The van der Waals surface area contributed by atoms with E-state index in [1.807, 2.05) is 0 Å². The molecular formula is C7H9FN2. The predicted molar refractivity (Wildman–Crippen MR) is 36.8 cm³/mol. The largest absolute Gasteiger partial charge is 0.326 e. The van der Waals surface area contributed by atoms with Crippen LogP contribution in [-0.4, -0.2) is 4.98 Å². The first-order chi connectivity index (χ1) is 4.75. The molecule has 1 aromatic rings. The Morgan fingerprint density at radius 1 is 1.70 bits per heavy atom. The maximum absolute atomic E-state index is 12.9. The highest BCUT2D eigenvalue weighted by Gasteiger charge is 2.01. The van der Waals surface area contributed by atoms with Crippen molar-refractivity contribution in [1.29, 1.82) is 0 Å². The van der Waals surface area contributed by atoms with Gasteiger partial charge < -0.3 is 5.73 Å². The SMILES string of the molecule is Cc1nccc(CN)c1F. The first-order valence-electron chi connectivity index (χ1n) is 3.05. The summed E-state index contributed by atoms with van der Waals surface area (Å²) >= 11 is 0. The van der Waals surface area contributed by atoms with Crippen LogP contribution >= 0.6 is 0 Å². The molecule has 0 saturated heterocycles. The van der Waals surface area contributed by atoms with Crippen LogP contribution in [0.5, 0.6) is 0 Å². The molecule has 0 radical (unpaired) electrons. The normalized spacial score (nSPS) is 9.90. The van der Waals surface area contributed by atoms with Gasteiger partial charge in [0.15, 0.2) is 0 Å². The van der Waals surface area contributed by atoms with E-state index >= 15 is 0 Å². The lowest BCUT2D eigenvalue weighted by Crippen LogP contribution is -2.01. The van der Waals surface area contributed by atoms with Crippen LogP contribution in [0.25, 0.3) is 0 Å². The number of nitrogens with zero attached hydrogens (tertiary/aromatic N) is 1. The monoisotopic (exact) mass is 140 g/mol. The van der Waals surface area contributed by atoms with Crippen molar-refractivity contribution in [2.24, 2.45) is 5.73 Å². The molecule has 0 saturated carbocycles. The van der Waals surface area contributed by atoms with Crippen LogP contribution in [0.3, 0.4) is 0 Å². The molecule has 54 valence electrons. The molecule has 0 atom stereocenters. The van der Waals surface area contributed by atoms with Crippen molar-refractivity contribution < 1.29 is 4.39 Å². The van der Waals surface area contributed by atoms with E-state index in [-0.39, 0.29) is 12.4 Å². The lowest BCUT2D eigenvalue weighted by Gasteiger charge is -1.99. The maximum atomic E-state index is 12.9. The van der Waals surface area contributed by atoms with Crippen LogP contribution < -0.4 is 5.73 Å². The van der Waals surface area contributed by atoms with E-state index in [4.69, 9.17) is 5.73 Å². The Balaban J connectivity index is 3.14. The first-order valence-corrected chi connectivity index (χ1v) is 3.05. The third-order valence-corrected chi connectivity index (χ3v) is 1.36. The minimum atomic E-state index is -0.287. The molecule has 2 N–H and O–H groups in total. The summed E-state index contributed by atoms with van der Waals surface area (Å²) in [7, 11) is 0. The van der Waals surface area contributed by atoms with Gasteiger partial charge in [0.1, 0.15) is 5.82 Å². The third-order valence-electron chi connectivity index (χ3n) is 1.36. The summed E-state index contributed by atoms with van der Waals surface area (Å²) in [6, 6.07) is 1.59. The smallest absolute Gasteiger partial charge is 0.148 e. The Morgan fingerprint density at radius 3 is 2.90 bits per heavy atom. The number of nitrogens with two attached hydrogens (primary N) is 1. The zero-order chi connectivity index (χ0) is 7.56. The van der Waals surface area contributed by atoms with E-state index in [9.17, 15) is 4.39 Å². The van der Waals surface area contributed by atoms with Crippen LogP contribution in [0.4, 0.5) is 4.39 Å². The fourth-order valence-corrected chi connectivity index (χ4v) is 0.759. The van der Waals surface area contributed by atoms with Crippen molar-refractivity contribution in [3.8, 4) is 0 Å². The molecule has 1 heterocycles. The van der Waals surface area contributed by atoms with Gasteiger partial charge >= 0.3 is 0 Å². The summed E-state index contributed by atoms with van der Waals surface area (Å²) in [5.41, 5.74) is 6.18.